The quantitative estimate of drug-likeness (QED) is 0.919. The molecular weight excluding hydrogens is 292 g/mol. The van der Waals surface area contributed by atoms with Gasteiger partial charge in [0.2, 0.25) is 5.91 Å². The predicted octanol–water partition coefficient (Wildman–Crippen LogP) is 1.79. The highest BCUT2D eigenvalue weighted by atomic mass is 16.2. The second-order valence-corrected chi connectivity index (χ2v) is 6.35. The number of fused-ring (bicyclic) bond motifs is 1. The third kappa shape index (κ3) is 2.58. The average molecular weight is 312 g/mol. The summed E-state index contributed by atoms with van der Waals surface area (Å²) < 4.78 is 0. The molecule has 2 aromatic rings. The van der Waals surface area contributed by atoms with Gasteiger partial charge in [0.05, 0.1) is 17.4 Å². The second kappa shape index (κ2) is 5.68. The minimum Gasteiger partial charge on any atom is -0.345 e. The number of carbonyl (C=O) groups excluding carboxylic acids is 2. The Balaban J connectivity index is 1.43. The number of rotatable bonds is 2. The summed E-state index contributed by atoms with van der Waals surface area (Å²) in [6, 6.07) is 5.88. The van der Waals surface area contributed by atoms with Gasteiger partial charge in [-0.1, -0.05) is 0 Å². The maximum Gasteiger partial charge on any atom is 0.253 e. The van der Waals surface area contributed by atoms with Crippen molar-refractivity contribution in [3.8, 4) is 0 Å². The molecule has 0 spiro atoms. The van der Waals surface area contributed by atoms with E-state index >= 15 is 0 Å². The zero-order valence-corrected chi connectivity index (χ0v) is 13.0. The molecular formula is C17H20N4O2. The van der Waals surface area contributed by atoms with Crippen LogP contribution in [0.4, 0.5) is 0 Å². The molecule has 0 aliphatic carbocycles. The van der Waals surface area contributed by atoms with Gasteiger partial charge in [-0.15, -0.1) is 0 Å². The SMILES string of the molecule is O=C(c1ccc2nc[nH]c2c1)N1CCC(N2CCCC2=O)CC1. The molecule has 1 aromatic carbocycles. The standard InChI is InChI=1S/C17H20N4O2/c22-16-2-1-7-21(16)13-5-8-20(9-6-13)17(23)12-3-4-14-15(10-12)19-11-18-14/h3-4,10-11,13H,1-2,5-9H2,(H,18,19). The Hall–Kier alpha value is -2.37. The average Bonchev–Trinajstić information content (AvgIpc) is 3.22. The van der Waals surface area contributed by atoms with E-state index in [-0.39, 0.29) is 11.8 Å². The third-order valence-corrected chi connectivity index (χ3v) is 4.97. The fraction of sp³-hybridized carbons (Fsp3) is 0.471. The second-order valence-electron chi connectivity index (χ2n) is 6.35. The predicted molar refractivity (Wildman–Crippen MR) is 86.0 cm³/mol. The van der Waals surface area contributed by atoms with Crippen molar-refractivity contribution in [2.75, 3.05) is 19.6 Å². The molecule has 2 aliphatic rings. The van der Waals surface area contributed by atoms with Crippen molar-refractivity contribution in [1.29, 1.82) is 0 Å². The number of aromatic amines is 1. The van der Waals surface area contributed by atoms with Crippen LogP contribution < -0.4 is 0 Å². The number of H-pyrrole nitrogens is 1. The summed E-state index contributed by atoms with van der Waals surface area (Å²) in [6.45, 7) is 2.32. The number of amides is 2. The summed E-state index contributed by atoms with van der Waals surface area (Å²) in [5.74, 6) is 0.340. The van der Waals surface area contributed by atoms with Crippen molar-refractivity contribution >= 4 is 22.8 Å². The molecule has 1 aromatic heterocycles. The Morgan fingerprint density at radius 3 is 2.78 bits per heavy atom. The number of imidazole rings is 1. The van der Waals surface area contributed by atoms with Gasteiger partial charge in [0.25, 0.3) is 5.91 Å². The van der Waals surface area contributed by atoms with Crippen LogP contribution in [0.1, 0.15) is 36.0 Å². The topological polar surface area (TPSA) is 69.3 Å². The smallest absolute Gasteiger partial charge is 0.253 e. The number of hydrogen-bond donors (Lipinski definition) is 1. The minimum atomic E-state index is 0.0627. The highest BCUT2D eigenvalue weighted by molar-refractivity contribution is 5.97. The molecule has 2 amide bonds. The van der Waals surface area contributed by atoms with Crippen LogP contribution in [0.2, 0.25) is 0 Å². The van der Waals surface area contributed by atoms with E-state index < -0.39 is 0 Å². The van der Waals surface area contributed by atoms with Crippen LogP contribution >= 0.6 is 0 Å². The molecule has 6 heteroatoms. The lowest BCUT2D eigenvalue weighted by Crippen LogP contribution is -2.47. The van der Waals surface area contributed by atoms with E-state index in [2.05, 4.69) is 9.97 Å². The molecule has 1 N–H and O–H groups in total. The first-order chi connectivity index (χ1) is 11.2. The Bertz CT molecular complexity index is 746. The van der Waals surface area contributed by atoms with E-state index in [1.807, 2.05) is 28.0 Å². The van der Waals surface area contributed by atoms with E-state index in [0.717, 1.165) is 36.8 Å². The van der Waals surface area contributed by atoms with Crippen molar-refractivity contribution in [2.24, 2.45) is 0 Å². The first-order valence-electron chi connectivity index (χ1n) is 8.24. The summed E-state index contributed by atoms with van der Waals surface area (Å²) in [7, 11) is 0. The monoisotopic (exact) mass is 312 g/mol. The molecule has 0 unspecified atom stereocenters. The molecule has 3 heterocycles. The summed E-state index contributed by atoms with van der Waals surface area (Å²) in [6.07, 6.45) is 5.05. The van der Waals surface area contributed by atoms with E-state index in [1.54, 1.807) is 6.33 Å². The largest absolute Gasteiger partial charge is 0.345 e. The van der Waals surface area contributed by atoms with Gasteiger partial charge in [-0.25, -0.2) is 4.98 Å². The van der Waals surface area contributed by atoms with Gasteiger partial charge >= 0.3 is 0 Å². The van der Waals surface area contributed by atoms with Gasteiger partial charge in [0.15, 0.2) is 0 Å². The number of likely N-dealkylation sites (tertiary alicyclic amines) is 2. The molecule has 120 valence electrons. The van der Waals surface area contributed by atoms with Crippen LogP contribution in [0.5, 0.6) is 0 Å². The van der Waals surface area contributed by atoms with Gasteiger partial charge in [-0.2, -0.15) is 0 Å². The Morgan fingerprint density at radius 2 is 2.04 bits per heavy atom. The fourth-order valence-electron chi connectivity index (χ4n) is 3.69. The number of piperidine rings is 1. The van der Waals surface area contributed by atoms with Crippen LogP contribution in [0, 0.1) is 0 Å². The van der Waals surface area contributed by atoms with E-state index in [0.29, 0.717) is 31.1 Å². The van der Waals surface area contributed by atoms with Gasteiger partial charge in [0.1, 0.15) is 0 Å². The molecule has 0 radical (unpaired) electrons. The number of nitrogens with one attached hydrogen (secondary N) is 1. The van der Waals surface area contributed by atoms with Crippen molar-refractivity contribution < 1.29 is 9.59 Å². The maximum absolute atomic E-state index is 12.7. The minimum absolute atomic E-state index is 0.0627. The number of carbonyl (C=O) groups is 2. The third-order valence-electron chi connectivity index (χ3n) is 4.97. The molecule has 23 heavy (non-hydrogen) atoms. The van der Waals surface area contributed by atoms with Gasteiger partial charge in [-0.3, -0.25) is 9.59 Å². The fourth-order valence-corrected chi connectivity index (χ4v) is 3.69. The molecule has 4 rings (SSSR count). The highest BCUT2D eigenvalue weighted by Crippen LogP contribution is 2.23. The van der Waals surface area contributed by atoms with Gasteiger partial charge in [0, 0.05) is 37.7 Å². The van der Waals surface area contributed by atoms with Crippen LogP contribution in [-0.4, -0.2) is 57.3 Å². The number of benzene rings is 1. The van der Waals surface area contributed by atoms with Gasteiger partial charge in [-0.05, 0) is 37.5 Å². The molecule has 0 bridgehead atoms. The molecule has 2 saturated heterocycles. The highest BCUT2D eigenvalue weighted by Gasteiger charge is 2.32. The van der Waals surface area contributed by atoms with Crippen LogP contribution in [-0.2, 0) is 4.79 Å². The first kappa shape index (κ1) is 14.2. The van der Waals surface area contributed by atoms with Crippen LogP contribution in [0.3, 0.4) is 0 Å². The molecule has 2 fully saturated rings. The summed E-state index contributed by atoms with van der Waals surface area (Å²) in [5.41, 5.74) is 2.44. The lowest BCUT2D eigenvalue weighted by molar-refractivity contribution is -0.130. The normalized spacial score (nSPS) is 19.7. The van der Waals surface area contributed by atoms with Crippen molar-refractivity contribution in [3.63, 3.8) is 0 Å². The summed E-state index contributed by atoms with van der Waals surface area (Å²) in [4.78, 5) is 35.6. The summed E-state index contributed by atoms with van der Waals surface area (Å²) in [5, 5.41) is 0. The van der Waals surface area contributed by atoms with E-state index in [1.165, 1.54) is 0 Å². The van der Waals surface area contributed by atoms with Crippen LogP contribution in [0.25, 0.3) is 11.0 Å². The number of hydrogen-bond acceptors (Lipinski definition) is 3. The van der Waals surface area contributed by atoms with E-state index in [9.17, 15) is 9.59 Å². The Labute approximate surface area is 134 Å². The maximum atomic E-state index is 12.7. The first-order valence-corrected chi connectivity index (χ1v) is 8.24. The molecule has 0 atom stereocenters. The zero-order valence-electron chi connectivity index (χ0n) is 13.0. The van der Waals surface area contributed by atoms with Crippen molar-refractivity contribution in [1.82, 2.24) is 19.8 Å². The van der Waals surface area contributed by atoms with Crippen LogP contribution in [0.15, 0.2) is 24.5 Å². The zero-order chi connectivity index (χ0) is 15.8. The number of nitrogens with zero attached hydrogens (tertiary/aromatic N) is 3. The van der Waals surface area contributed by atoms with Crippen molar-refractivity contribution in [2.45, 2.75) is 31.7 Å². The molecule has 0 saturated carbocycles. The van der Waals surface area contributed by atoms with Gasteiger partial charge < -0.3 is 14.8 Å². The summed E-state index contributed by atoms with van der Waals surface area (Å²) >= 11 is 0. The molecule has 6 nitrogen and oxygen atoms in total. The lowest BCUT2D eigenvalue weighted by atomic mass is 10.0. The Kier molecular flexibility index (Phi) is 3.52. The van der Waals surface area contributed by atoms with E-state index in [4.69, 9.17) is 0 Å². The Morgan fingerprint density at radius 1 is 1.22 bits per heavy atom. The molecule has 2 aliphatic heterocycles. The lowest BCUT2D eigenvalue weighted by Gasteiger charge is -2.36. The van der Waals surface area contributed by atoms with Crippen molar-refractivity contribution in [3.05, 3.63) is 30.1 Å². The number of aromatic nitrogens is 2.